The minimum atomic E-state index is -0.358. The van der Waals surface area contributed by atoms with Gasteiger partial charge in [-0.25, -0.2) is 4.39 Å². The van der Waals surface area contributed by atoms with E-state index in [-0.39, 0.29) is 36.4 Å². The molecule has 28 heavy (non-hydrogen) atoms. The number of halogens is 1. The van der Waals surface area contributed by atoms with E-state index >= 15 is 0 Å². The van der Waals surface area contributed by atoms with Crippen molar-refractivity contribution in [2.45, 2.75) is 36.9 Å². The minimum absolute atomic E-state index is 0.124. The topological polar surface area (TPSA) is 98.6 Å². The molecule has 0 spiro atoms. The summed E-state index contributed by atoms with van der Waals surface area (Å²) < 4.78 is 16.1. The van der Waals surface area contributed by atoms with Crippen molar-refractivity contribution in [3.8, 4) is 23.5 Å². The molecule has 0 atom stereocenters. The first-order valence-electron chi connectivity index (χ1n) is 9.00. The van der Waals surface area contributed by atoms with Crippen molar-refractivity contribution in [3.05, 3.63) is 30.1 Å². The quantitative estimate of drug-likeness (QED) is 0.602. The van der Waals surface area contributed by atoms with E-state index in [2.05, 4.69) is 10.2 Å². The number of rotatable bonds is 9. The average molecular weight is 398 g/mol. The van der Waals surface area contributed by atoms with Crippen LogP contribution in [0.25, 0.3) is 11.4 Å². The molecule has 1 fully saturated rings. The van der Waals surface area contributed by atoms with Crippen LogP contribution < -0.4 is 0 Å². The normalized spacial score (nSPS) is 13.0. The molecule has 9 heteroatoms. The minimum Gasteiger partial charge on any atom is -0.340 e. The van der Waals surface area contributed by atoms with E-state index in [1.54, 1.807) is 18.2 Å². The highest BCUT2D eigenvalue weighted by atomic mass is 32.2. The maximum absolute atomic E-state index is 14.2. The third-order valence-corrected chi connectivity index (χ3v) is 5.28. The van der Waals surface area contributed by atoms with Crippen molar-refractivity contribution >= 4 is 17.7 Å². The third kappa shape index (κ3) is 4.68. The van der Waals surface area contributed by atoms with E-state index in [4.69, 9.17) is 10.5 Å². The first-order valence-corrected chi connectivity index (χ1v) is 9.98. The van der Waals surface area contributed by atoms with Gasteiger partial charge >= 0.3 is 0 Å². The van der Waals surface area contributed by atoms with Gasteiger partial charge in [0.2, 0.25) is 5.91 Å². The van der Waals surface area contributed by atoms with Gasteiger partial charge in [-0.2, -0.15) is 10.5 Å². The lowest BCUT2D eigenvalue weighted by Crippen LogP contribution is -2.34. The number of benzene rings is 1. The van der Waals surface area contributed by atoms with Gasteiger partial charge in [-0.3, -0.25) is 9.36 Å². The van der Waals surface area contributed by atoms with Gasteiger partial charge in [0, 0.05) is 19.1 Å². The Morgan fingerprint density at radius 1 is 1.21 bits per heavy atom. The van der Waals surface area contributed by atoms with Gasteiger partial charge < -0.3 is 4.90 Å². The molecule has 2 aromatic rings. The molecular weight excluding hydrogens is 379 g/mol. The first-order chi connectivity index (χ1) is 13.7. The summed E-state index contributed by atoms with van der Waals surface area (Å²) in [7, 11) is 0. The maximum atomic E-state index is 14.2. The van der Waals surface area contributed by atoms with Crippen LogP contribution >= 0.6 is 11.8 Å². The van der Waals surface area contributed by atoms with Crippen LogP contribution in [0.3, 0.4) is 0 Å². The van der Waals surface area contributed by atoms with E-state index in [0.29, 0.717) is 29.6 Å². The maximum Gasteiger partial charge on any atom is 0.233 e. The molecule has 1 aromatic heterocycles. The van der Waals surface area contributed by atoms with Gasteiger partial charge in [-0.1, -0.05) is 23.9 Å². The van der Waals surface area contributed by atoms with Crippen molar-refractivity contribution in [1.82, 2.24) is 19.7 Å². The van der Waals surface area contributed by atoms with Gasteiger partial charge in [0.05, 0.1) is 36.3 Å². The molecule has 0 saturated heterocycles. The van der Waals surface area contributed by atoms with Crippen LogP contribution in [0, 0.1) is 28.5 Å². The average Bonchev–Trinajstić information content (AvgIpc) is 3.46. The molecule has 1 amide bonds. The van der Waals surface area contributed by atoms with Crippen LogP contribution in [-0.2, 0) is 4.79 Å². The lowest BCUT2D eigenvalue weighted by Gasteiger charge is -2.20. The molecule has 0 radical (unpaired) electrons. The number of amides is 1. The van der Waals surface area contributed by atoms with Crippen LogP contribution in [-0.4, -0.2) is 44.4 Å². The Labute approximate surface area is 166 Å². The second kappa shape index (κ2) is 9.34. The van der Waals surface area contributed by atoms with Crippen molar-refractivity contribution in [2.75, 3.05) is 18.8 Å². The van der Waals surface area contributed by atoms with E-state index in [1.807, 2.05) is 16.7 Å². The van der Waals surface area contributed by atoms with Crippen LogP contribution in [0.1, 0.15) is 31.7 Å². The predicted octanol–water partition coefficient (Wildman–Crippen LogP) is 3.17. The van der Waals surface area contributed by atoms with Crippen LogP contribution in [0.15, 0.2) is 29.4 Å². The molecule has 3 rings (SSSR count). The van der Waals surface area contributed by atoms with E-state index in [1.165, 1.54) is 22.7 Å². The van der Waals surface area contributed by atoms with Gasteiger partial charge in [-0.05, 0) is 25.0 Å². The summed E-state index contributed by atoms with van der Waals surface area (Å²) >= 11 is 1.25. The second-order valence-electron chi connectivity index (χ2n) is 6.37. The number of aromatic nitrogens is 3. The Morgan fingerprint density at radius 2 is 1.89 bits per heavy atom. The van der Waals surface area contributed by atoms with Crippen molar-refractivity contribution < 1.29 is 9.18 Å². The monoisotopic (exact) mass is 398 g/mol. The largest absolute Gasteiger partial charge is 0.340 e. The highest BCUT2D eigenvalue weighted by molar-refractivity contribution is 7.99. The molecule has 1 aromatic carbocycles. The van der Waals surface area contributed by atoms with Crippen LogP contribution in [0.5, 0.6) is 0 Å². The van der Waals surface area contributed by atoms with Gasteiger partial charge in [-0.15, -0.1) is 10.2 Å². The van der Waals surface area contributed by atoms with Gasteiger partial charge in [0.15, 0.2) is 11.0 Å². The van der Waals surface area contributed by atoms with Gasteiger partial charge in [0.1, 0.15) is 5.82 Å². The Bertz CT molecular complexity index is 909. The fraction of sp³-hybridized carbons (Fsp3) is 0.421. The number of thioether (sulfide) groups is 1. The summed E-state index contributed by atoms with van der Waals surface area (Å²) in [6, 6.07) is 10.7. The lowest BCUT2D eigenvalue weighted by atomic mass is 10.2. The highest BCUT2D eigenvalue weighted by Crippen LogP contribution is 2.41. The standard InChI is InChI=1S/C19H19FN6OS/c20-16-6-2-1-5-15(16)18-23-24-19(26(18)14-7-8-14)28-13-17(27)25(11-3-9-21)12-4-10-22/h1-2,5-6,14H,3-4,7-8,11-13H2. The number of nitriles is 2. The molecule has 0 unspecified atom stereocenters. The fourth-order valence-corrected chi connectivity index (χ4v) is 3.72. The molecule has 144 valence electrons. The molecular formula is C19H19FN6OS. The summed E-state index contributed by atoms with van der Waals surface area (Å²) in [6.45, 7) is 0.598. The van der Waals surface area contributed by atoms with Crippen molar-refractivity contribution in [2.24, 2.45) is 0 Å². The molecule has 1 heterocycles. The van der Waals surface area contributed by atoms with Crippen molar-refractivity contribution in [3.63, 3.8) is 0 Å². The molecule has 0 N–H and O–H groups in total. The third-order valence-electron chi connectivity index (χ3n) is 4.36. The lowest BCUT2D eigenvalue weighted by molar-refractivity contribution is -0.128. The zero-order chi connectivity index (χ0) is 19.9. The number of carbonyl (C=O) groups is 1. The number of carbonyl (C=O) groups excluding carboxylic acids is 1. The molecule has 7 nitrogen and oxygen atoms in total. The molecule has 1 saturated carbocycles. The molecule has 1 aliphatic carbocycles. The SMILES string of the molecule is N#CCCN(CCC#N)C(=O)CSc1nnc(-c2ccccc2F)n1C1CC1. The zero-order valence-electron chi connectivity index (χ0n) is 15.2. The first kappa shape index (κ1) is 19.8. The molecule has 0 aliphatic heterocycles. The predicted molar refractivity (Wildman–Crippen MR) is 101 cm³/mol. The van der Waals surface area contributed by atoms with Crippen molar-refractivity contribution in [1.29, 1.82) is 10.5 Å². The summed E-state index contributed by atoms with van der Waals surface area (Å²) in [5.41, 5.74) is 0.393. The number of hydrogen-bond acceptors (Lipinski definition) is 6. The van der Waals surface area contributed by atoms with E-state index < -0.39 is 0 Å². The molecule has 0 bridgehead atoms. The highest BCUT2D eigenvalue weighted by Gasteiger charge is 2.31. The Kier molecular flexibility index (Phi) is 6.62. The number of hydrogen-bond donors (Lipinski definition) is 0. The summed E-state index contributed by atoms with van der Waals surface area (Å²) in [6.07, 6.45) is 2.38. The van der Waals surface area contributed by atoms with Gasteiger partial charge in [0.25, 0.3) is 0 Å². The Morgan fingerprint density at radius 3 is 2.50 bits per heavy atom. The van der Waals surface area contributed by atoms with Crippen LogP contribution in [0.2, 0.25) is 0 Å². The van der Waals surface area contributed by atoms with Crippen LogP contribution in [0.4, 0.5) is 4.39 Å². The fourth-order valence-electron chi connectivity index (χ4n) is 2.81. The van der Waals surface area contributed by atoms with E-state index in [9.17, 15) is 9.18 Å². The number of nitrogens with zero attached hydrogens (tertiary/aromatic N) is 6. The Balaban J connectivity index is 1.74. The summed E-state index contributed by atoms with van der Waals surface area (Å²) in [5, 5.41) is 26.4. The molecule has 1 aliphatic rings. The Hall–Kier alpha value is -2.91. The summed E-state index contributed by atoms with van der Waals surface area (Å²) in [5.74, 6) is 0.0807. The zero-order valence-corrected chi connectivity index (χ0v) is 16.0. The smallest absolute Gasteiger partial charge is 0.233 e. The van der Waals surface area contributed by atoms with E-state index in [0.717, 1.165) is 12.8 Å². The second-order valence-corrected chi connectivity index (χ2v) is 7.32. The summed E-state index contributed by atoms with van der Waals surface area (Å²) in [4.78, 5) is 14.0.